The number of rotatable bonds is 18. The lowest BCUT2D eigenvalue weighted by Crippen LogP contribution is -1.94. The molecule has 0 heterocycles. The Labute approximate surface area is 157 Å². The zero-order chi connectivity index (χ0) is 19.0. The van der Waals surface area contributed by atoms with Gasteiger partial charge in [0.25, 0.3) is 0 Å². The molecule has 0 saturated heterocycles. The standard InChI is InChI=1S/C12H24O.C11H20O/c1-3-4-5-6-7-8-9-10-12(2)11-13;1-2-3-4-5-6-7-8-9-10-11-12/h11-12H,3-10H2,1-2H3;2,11H,1,3-10H2. The predicted molar refractivity (Wildman–Crippen MR) is 111 cm³/mol. The van der Waals surface area contributed by atoms with Crippen molar-refractivity contribution in [3.63, 3.8) is 0 Å². The van der Waals surface area contributed by atoms with E-state index in [9.17, 15) is 9.59 Å². The first-order chi connectivity index (χ1) is 12.2. The molecule has 0 aromatic rings. The summed E-state index contributed by atoms with van der Waals surface area (Å²) >= 11 is 0. The second-order valence-corrected chi connectivity index (χ2v) is 7.18. The number of unbranched alkanes of at least 4 members (excludes halogenated alkanes) is 13. The van der Waals surface area contributed by atoms with E-state index in [1.54, 1.807) is 0 Å². The molecular weight excluding hydrogens is 308 g/mol. The summed E-state index contributed by atoms with van der Waals surface area (Å²) in [5.74, 6) is 0.274. The summed E-state index contributed by atoms with van der Waals surface area (Å²) in [6.45, 7) is 7.93. The second kappa shape index (κ2) is 25.3. The molecule has 0 amide bonds. The highest BCUT2D eigenvalue weighted by Gasteiger charge is 1.98. The van der Waals surface area contributed by atoms with Gasteiger partial charge in [-0.1, -0.05) is 90.6 Å². The highest BCUT2D eigenvalue weighted by Crippen LogP contribution is 2.11. The Balaban J connectivity index is 0. The molecule has 0 bridgehead atoms. The van der Waals surface area contributed by atoms with Crippen LogP contribution in [0.4, 0.5) is 0 Å². The minimum absolute atomic E-state index is 0.274. The number of aldehydes is 2. The lowest BCUT2D eigenvalue weighted by molar-refractivity contribution is -0.111. The highest BCUT2D eigenvalue weighted by atomic mass is 16.1. The van der Waals surface area contributed by atoms with Crippen LogP contribution in [0.15, 0.2) is 12.7 Å². The van der Waals surface area contributed by atoms with Gasteiger partial charge in [0.05, 0.1) is 0 Å². The predicted octanol–water partition coefficient (Wildman–Crippen LogP) is 7.45. The van der Waals surface area contributed by atoms with Gasteiger partial charge in [-0.25, -0.2) is 0 Å². The average molecular weight is 353 g/mol. The lowest BCUT2D eigenvalue weighted by Gasteiger charge is -2.02. The van der Waals surface area contributed by atoms with Gasteiger partial charge in [-0.05, 0) is 25.7 Å². The van der Waals surface area contributed by atoms with Gasteiger partial charge in [-0.3, -0.25) is 0 Å². The molecule has 25 heavy (non-hydrogen) atoms. The Morgan fingerprint density at radius 2 is 1.20 bits per heavy atom. The van der Waals surface area contributed by atoms with E-state index in [1.807, 2.05) is 13.0 Å². The van der Waals surface area contributed by atoms with Crippen molar-refractivity contribution >= 4 is 12.6 Å². The third kappa shape index (κ3) is 28.2. The number of carbonyl (C=O) groups excluding carboxylic acids is 2. The Kier molecular flexibility index (Phi) is 26.6. The molecule has 0 N–H and O–H groups in total. The van der Waals surface area contributed by atoms with Crippen LogP contribution < -0.4 is 0 Å². The van der Waals surface area contributed by atoms with Gasteiger partial charge in [0.1, 0.15) is 12.6 Å². The zero-order valence-corrected chi connectivity index (χ0v) is 17.1. The van der Waals surface area contributed by atoms with Crippen molar-refractivity contribution in [2.45, 2.75) is 117 Å². The van der Waals surface area contributed by atoms with Crippen LogP contribution >= 0.6 is 0 Å². The maximum atomic E-state index is 10.3. The molecule has 1 unspecified atom stereocenters. The molecule has 1 atom stereocenters. The van der Waals surface area contributed by atoms with Crippen LogP contribution in [0.1, 0.15) is 117 Å². The smallest absolute Gasteiger partial charge is 0.122 e. The van der Waals surface area contributed by atoms with Gasteiger partial charge in [0.15, 0.2) is 0 Å². The fourth-order valence-corrected chi connectivity index (χ4v) is 2.71. The Bertz CT molecular complexity index is 259. The fourth-order valence-electron chi connectivity index (χ4n) is 2.71. The maximum Gasteiger partial charge on any atom is 0.122 e. The van der Waals surface area contributed by atoms with Crippen LogP contribution in [-0.2, 0) is 9.59 Å². The number of allylic oxidation sites excluding steroid dienone is 1. The van der Waals surface area contributed by atoms with Crippen molar-refractivity contribution in [3.8, 4) is 0 Å². The van der Waals surface area contributed by atoms with Crippen molar-refractivity contribution < 1.29 is 9.59 Å². The largest absolute Gasteiger partial charge is 0.303 e. The monoisotopic (exact) mass is 352 g/mol. The van der Waals surface area contributed by atoms with Crippen molar-refractivity contribution in [3.05, 3.63) is 12.7 Å². The summed E-state index contributed by atoms with van der Waals surface area (Å²) in [5.41, 5.74) is 0. The first kappa shape index (κ1) is 26.3. The first-order valence-electron chi connectivity index (χ1n) is 10.7. The summed E-state index contributed by atoms with van der Waals surface area (Å²) in [6.07, 6.45) is 23.9. The third-order valence-electron chi connectivity index (χ3n) is 4.48. The van der Waals surface area contributed by atoms with E-state index in [-0.39, 0.29) is 5.92 Å². The molecule has 0 aliphatic rings. The average Bonchev–Trinajstić information content (AvgIpc) is 2.63. The van der Waals surface area contributed by atoms with Crippen LogP contribution in [-0.4, -0.2) is 12.6 Å². The quantitative estimate of drug-likeness (QED) is 0.146. The van der Waals surface area contributed by atoms with Gasteiger partial charge in [0, 0.05) is 12.3 Å². The van der Waals surface area contributed by atoms with E-state index in [4.69, 9.17) is 0 Å². The van der Waals surface area contributed by atoms with E-state index in [2.05, 4.69) is 13.5 Å². The van der Waals surface area contributed by atoms with Crippen LogP contribution in [0.2, 0.25) is 0 Å². The first-order valence-corrected chi connectivity index (χ1v) is 10.7. The van der Waals surface area contributed by atoms with Gasteiger partial charge in [-0.15, -0.1) is 6.58 Å². The number of hydrogen-bond donors (Lipinski definition) is 0. The van der Waals surface area contributed by atoms with Crippen molar-refractivity contribution in [1.82, 2.24) is 0 Å². The molecule has 0 aromatic heterocycles. The summed E-state index contributed by atoms with van der Waals surface area (Å²) in [7, 11) is 0. The molecule has 148 valence electrons. The molecule has 0 aliphatic heterocycles. The van der Waals surface area contributed by atoms with Crippen molar-refractivity contribution in [2.75, 3.05) is 0 Å². The second-order valence-electron chi connectivity index (χ2n) is 7.18. The molecule has 0 radical (unpaired) electrons. The number of hydrogen-bond acceptors (Lipinski definition) is 2. The summed E-state index contributed by atoms with van der Waals surface area (Å²) < 4.78 is 0. The summed E-state index contributed by atoms with van der Waals surface area (Å²) in [4.78, 5) is 20.3. The molecule has 2 nitrogen and oxygen atoms in total. The third-order valence-corrected chi connectivity index (χ3v) is 4.48. The van der Waals surface area contributed by atoms with Crippen molar-refractivity contribution in [2.24, 2.45) is 5.92 Å². The van der Waals surface area contributed by atoms with Crippen molar-refractivity contribution in [1.29, 1.82) is 0 Å². The Morgan fingerprint density at radius 3 is 1.68 bits per heavy atom. The maximum absolute atomic E-state index is 10.3. The minimum Gasteiger partial charge on any atom is -0.303 e. The molecule has 2 heteroatoms. The zero-order valence-electron chi connectivity index (χ0n) is 17.1. The molecular formula is C23H44O2. The topological polar surface area (TPSA) is 34.1 Å². The molecule has 0 spiro atoms. The van der Waals surface area contributed by atoms with E-state index in [1.165, 1.54) is 77.0 Å². The van der Waals surface area contributed by atoms with Crippen LogP contribution in [0.25, 0.3) is 0 Å². The normalized spacial score (nSPS) is 11.3. The van der Waals surface area contributed by atoms with E-state index < -0.39 is 0 Å². The van der Waals surface area contributed by atoms with E-state index in [0.717, 1.165) is 38.3 Å². The number of carbonyl (C=O) groups is 2. The summed E-state index contributed by atoms with van der Waals surface area (Å²) in [6, 6.07) is 0. The van der Waals surface area contributed by atoms with Gasteiger partial charge >= 0.3 is 0 Å². The van der Waals surface area contributed by atoms with E-state index in [0.29, 0.717) is 0 Å². The minimum atomic E-state index is 0.274. The van der Waals surface area contributed by atoms with Gasteiger partial charge in [-0.2, -0.15) is 0 Å². The molecule has 0 fully saturated rings. The lowest BCUT2D eigenvalue weighted by atomic mass is 10.0. The Morgan fingerprint density at radius 1 is 0.720 bits per heavy atom. The SMILES string of the molecule is C=CCCCCCCCCC=O.CCCCCCCCCC(C)C=O. The Hall–Kier alpha value is -0.920. The van der Waals surface area contributed by atoms with Crippen LogP contribution in [0.3, 0.4) is 0 Å². The van der Waals surface area contributed by atoms with E-state index >= 15 is 0 Å². The van der Waals surface area contributed by atoms with Gasteiger partial charge in [0.2, 0.25) is 0 Å². The molecule has 0 aromatic carbocycles. The molecule has 0 aliphatic carbocycles. The fraction of sp³-hybridized carbons (Fsp3) is 0.826. The molecule has 0 saturated carbocycles. The van der Waals surface area contributed by atoms with Crippen LogP contribution in [0, 0.1) is 5.92 Å². The molecule has 0 rings (SSSR count). The summed E-state index contributed by atoms with van der Waals surface area (Å²) in [5, 5.41) is 0. The van der Waals surface area contributed by atoms with Crippen LogP contribution in [0.5, 0.6) is 0 Å². The van der Waals surface area contributed by atoms with Gasteiger partial charge < -0.3 is 9.59 Å². The highest BCUT2D eigenvalue weighted by molar-refractivity contribution is 5.52.